The molecule has 5 nitrogen and oxygen atoms in total. The molecule has 0 spiro atoms. The Balaban J connectivity index is 3.10. The first-order chi connectivity index (χ1) is 7.50. The minimum atomic E-state index is -3.88. The summed E-state index contributed by atoms with van der Waals surface area (Å²) in [4.78, 5) is 11.3. The van der Waals surface area contributed by atoms with Gasteiger partial charge in [-0.15, -0.1) is 11.6 Å². The second-order valence-electron chi connectivity index (χ2n) is 2.74. The number of halogens is 1. The molecule has 0 N–H and O–H groups in total. The number of rotatable bonds is 4. The molecule has 0 aromatic heterocycles. The van der Waals surface area contributed by atoms with Gasteiger partial charge in [0, 0.05) is 0 Å². The average Bonchev–Trinajstić information content (AvgIpc) is 2.28. The van der Waals surface area contributed by atoms with Gasteiger partial charge < -0.3 is 8.92 Å². The summed E-state index contributed by atoms with van der Waals surface area (Å²) in [7, 11) is -2.69. The molecule has 0 atom stereocenters. The summed E-state index contributed by atoms with van der Waals surface area (Å²) in [5.41, 5.74) is 0.0266. The third-order valence-corrected chi connectivity index (χ3v) is 3.15. The molecule has 0 unspecified atom stereocenters. The van der Waals surface area contributed by atoms with Crippen LogP contribution in [0.2, 0.25) is 0 Å². The van der Waals surface area contributed by atoms with Gasteiger partial charge in [-0.2, -0.15) is 8.42 Å². The zero-order chi connectivity index (χ0) is 12.2. The minimum absolute atomic E-state index is 0.0266. The standard InChI is InChI=1S/C9H9ClO5S/c1-14-9(11)7-4-2-3-5-8(7)15-16(12,13)6-10/h2-5H,6H2,1H3. The van der Waals surface area contributed by atoms with Crippen molar-refractivity contribution in [2.75, 3.05) is 12.3 Å². The van der Waals surface area contributed by atoms with Gasteiger partial charge in [-0.25, -0.2) is 4.79 Å². The first kappa shape index (κ1) is 12.8. The van der Waals surface area contributed by atoms with Crippen molar-refractivity contribution in [2.24, 2.45) is 0 Å². The summed E-state index contributed by atoms with van der Waals surface area (Å²) in [5, 5.41) is -0.692. The summed E-state index contributed by atoms with van der Waals surface area (Å²) in [6, 6.07) is 5.83. The third-order valence-electron chi connectivity index (χ3n) is 1.64. The Kier molecular flexibility index (Phi) is 4.14. The van der Waals surface area contributed by atoms with Crippen LogP contribution in [0.1, 0.15) is 10.4 Å². The zero-order valence-electron chi connectivity index (χ0n) is 8.34. The maximum atomic E-state index is 11.3. The second-order valence-corrected chi connectivity index (χ2v) is 4.89. The molecule has 0 saturated heterocycles. The van der Waals surface area contributed by atoms with E-state index in [4.69, 9.17) is 11.6 Å². The van der Waals surface area contributed by atoms with Crippen LogP contribution in [-0.2, 0) is 14.9 Å². The second kappa shape index (κ2) is 5.18. The van der Waals surface area contributed by atoms with Crippen LogP contribution < -0.4 is 4.18 Å². The number of carbonyl (C=O) groups is 1. The largest absolute Gasteiger partial charge is 0.465 e. The van der Waals surface area contributed by atoms with Crippen LogP contribution in [0.15, 0.2) is 24.3 Å². The molecule has 1 rings (SSSR count). The van der Waals surface area contributed by atoms with E-state index in [0.717, 1.165) is 0 Å². The van der Waals surface area contributed by atoms with E-state index in [1.54, 1.807) is 6.07 Å². The van der Waals surface area contributed by atoms with Crippen LogP contribution in [0.5, 0.6) is 5.75 Å². The lowest BCUT2D eigenvalue weighted by molar-refractivity contribution is 0.0599. The van der Waals surface area contributed by atoms with Gasteiger partial charge in [0.25, 0.3) is 0 Å². The van der Waals surface area contributed by atoms with Crippen LogP contribution in [0.4, 0.5) is 0 Å². The average molecular weight is 265 g/mol. The van der Waals surface area contributed by atoms with E-state index in [1.165, 1.54) is 25.3 Å². The SMILES string of the molecule is COC(=O)c1ccccc1OS(=O)(=O)CCl. The molecule has 0 fully saturated rings. The molecule has 0 radical (unpaired) electrons. The highest BCUT2D eigenvalue weighted by atomic mass is 35.5. The van der Waals surface area contributed by atoms with Gasteiger partial charge in [-0.3, -0.25) is 0 Å². The number of hydrogen-bond donors (Lipinski definition) is 0. The predicted octanol–water partition coefficient (Wildman–Crippen LogP) is 1.38. The summed E-state index contributed by atoms with van der Waals surface area (Å²) >= 11 is 5.18. The number of carbonyl (C=O) groups excluding carboxylic acids is 1. The molecule has 0 bridgehead atoms. The lowest BCUT2D eigenvalue weighted by atomic mass is 10.2. The van der Waals surface area contributed by atoms with Crippen molar-refractivity contribution >= 4 is 27.7 Å². The molecule has 0 saturated carbocycles. The van der Waals surface area contributed by atoms with Gasteiger partial charge in [-0.05, 0) is 12.1 Å². The fourth-order valence-electron chi connectivity index (χ4n) is 0.977. The van der Waals surface area contributed by atoms with E-state index >= 15 is 0 Å². The molecular formula is C9H9ClO5S. The molecule has 0 heterocycles. The van der Waals surface area contributed by atoms with Crippen LogP contribution >= 0.6 is 11.6 Å². The van der Waals surface area contributed by atoms with E-state index in [1.807, 2.05) is 0 Å². The van der Waals surface area contributed by atoms with Crippen molar-refractivity contribution in [3.05, 3.63) is 29.8 Å². The Morgan fingerprint density at radius 2 is 2.00 bits per heavy atom. The van der Waals surface area contributed by atoms with E-state index < -0.39 is 21.3 Å². The van der Waals surface area contributed by atoms with Crippen molar-refractivity contribution in [3.8, 4) is 5.75 Å². The molecule has 0 aliphatic carbocycles. The Morgan fingerprint density at radius 1 is 1.38 bits per heavy atom. The number of ether oxygens (including phenoxy) is 1. The van der Waals surface area contributed by atoms with E-state index in [-0.39, 0.29) is 11.3 Å². The lowest BCUT2D eigenvalue weighted by Crippen LogP contribution is -2.13. The van der Waals surface area contributed by atoms with Crippen LogP contribution in [0, 0.1) is 0 Å². The van der Waals surface area contributed by atoms with Crippen molar-refractivity contribution < 1.29 is 22.1 Å². The molecule has 1 aromatic carbocycles. The highest BCUT2D eigenvalue weighted by Crippen LogP contribution is 2.20. The molecule has 0 amide bonds. The first-order valence-corrected chi connectivity index (χ1v) is 6.27. The number of hydrogen-bond acceptors (Lipinski definition) is 5. The van der Waals surface area contributed by atoms with Gasteiger partial charge in [0.05, 0.1) is 7.11 Å². The van der Waals surface area contributed by atoms with Gasteiger partial charge in [0.15, 0.2) is 11.0 Å². The van der Waals surface area contributed by atoms with Gasteiger partial charge in [-0.1, -0.05) is 12.1 Å². The zero-order valence-corrected chi connectivity index (χ0v) is 9.92. The number of benzene rings is 1. The highest BCUT2D eigenvalue weighted by Gasteiger charge is 2.17. The molecule has 1 aromatic rings. The quantitative estimate of drug-likeness (QED) is 0.467. The fourth-order valence-corrected chi connectivity index (χ4v) is 1.57. The van der Waals surface area contributed by atoms with Crippen LogP contribution in [-0.4, -0.2) is 26.7 Å². The normalized spacial score (nSPS) is 10.9. The number of esters is 1. The Morgan fingerprint density at radius 3 is 2.56 bits per heavy atom. The smallest absolute Gasteiger partial charge is 0.341 e. The van der Waals surface area contributed by atoms with Gasteiger partial charge in [0.1, 0.15) is 5.56 Å². The summed E-state index contributed by atoms with van der Waals surface area (Å²) in [5.74, 6) is -0.782. The van der Waals surface area contributed by atoms with E-state index in [2.05, 4.69) is 8.92 Å². The van der Waals surface area contributed by atoms with Gasteiger partial charge in [0.2, 0.25) is 0 Å². The predicted molar refractivity (Wildman–Crippen MR) is 58.0 cm³/mol. The fraction of sp³-hybridized carbons (Fsp3) is 0.222. The molecule has 0 aliphatic heterocycles. The molecule has 88 valence electrons. The summed E-state index contributed by atoms with van der Waals surface area (Å²) < 4.78 is 31.4. The van der Waals surface area contributed by atoms with E-state index in [0.29, 0.717) is 0 Å². The van der Waals surface area contributed by atoms with Crippen molar-refractivity contribution in [1.82, 2.24) is 0 Å². The number of methoxy groups -OCH3 is 1. The van der Waals surface area contributed by atoms with Crippen molar-refractivity contribution in [3.63, 3.8) is 0 Å². The Labute approximate surface area is 98.1 Å². The Bertz CT molecular complexity index is 482. The molecular weight excluding hydrogens is 256 g/mol. The lowest BCUT2D eigenvalue weighted by Gasteiger charge is -2.08. The summed E-state index contributed by atoms with van der Waals surface area (Å²) in [6.45, 7) is 0. The molecule has 7 heteroatoms. The van der Waals surface area contributed by atoms with Crippen molar-refractivity contribution in [2.45, 2.75) is 0 Å². The van der Waals surface area contributed by atoms with Crippen molar-refractivity contribution in [1.29, 1.82) is 0 Å². The molecule has 16 heavy (non-hydrogen) atoms. The maximum absolute atomic E-state index is 11.3. The summed E-state index contributed by atoms with van der Waals surface area (Å²) in [6.07, 6.45) is 0. The Hall–Kier alpha value is -1.27. The van der Waals surface area contributed by atoms with Gasteiger partial charge >= 0.3 is 16.1 Å². The monoisotopic (exact) mass is 264 g/mol. The topological polar surface area (TPSA) is 69.7 Å². The van der Waals surface area contributed by atoms with Crippen LogP contribution in [0.3, 0.4) is 0 Å². The number of para-hydroxylation sites is 1. The minimum Gasteiger partial charge on any atom is -0.465 e. The highest BCUT2D eigenvalue weighted by molar-refractivity contribution is 7.88. The third kappa shape index (κ3) is 3.11. The van der Waals surface area contributed by atoms with E-state index in [9.17, 15) is 13.2 Å². The van der Waals surface area contributed by atoms with Crippen LogP contribution in [0.25, 0.3) is 0 Å². The first-order valence-electron chi connectivity index (χ1n) is 4.15. The molecule has 0 aliphatic rings. The maximum Gasteiger partial charge on any atom is 0.341 e. The number of alkyl halides is 1.